The van der Waals surface area contributed by atoms with E-state index >= 15 is 0 Å². The van der Waals surface area contributed by atoms with Crippen molar-refractivity contribution in [3.63, 3.8) is 0 Å². The van der Waals surface area contributed by atoms with E-state index in [2.05, 4.69) is 6.92 Å². The van der Waals surface area contributed by atoms with E-state index in [1.807, 2.05) is 24.3 Å². The van der Waals surface area contributed by atoms with Gasteiger partial charge in [0, 0.05) is 0 Å². The zero-order valence-electron chi connectivity index (χ0n) is 9.95. The fourth-order valence-electron chi connectivity index (χ4n) is 1.29. The lowest BCUT2D eigenvalue weighted by atomic mass is 10.3. The molecule has 0 fully saturated rings. The van der Waals surface area contributed by atoms with Gasteiger partial charge in [0.2, 0.25) is 0 Å². The van der Waals surface area contributed by atoms with Crippen molar-refractivity contribution in [1.29, 1.82) is 0 Å². The molecular weight excluding hydrogens is 202 g/mol. The van der Waals surface area contributed by atoms with Crippen LogP contribution in [-0.4, -0.2) is 19.8 Å². The van der Waals surface area contributed by atoms with Crippen LogP contribution in [0.25, 0.3) is 0 Å². The summed E-state index contributed by atoms with van der Waals surface area (Å²) in [5, 5.41) is 0. The van der Waals surface area contributed by atoms with Gasteiger partial charge in [-0.1, -0.05) is 6.92 Å². The molecule has 0 aliphatic rings. The first-order chi connectivity index (χ1) is 7.86. The lowest BCUT2D eigenvalue weighted by Gasteiger charge is -2.07. The van der Waals surface area contributed by atoms with E-state index in [0.29, 0.717) is 0 Å². The van der Waals surface area contributed by atoms with Crippen molar-refractivity contribution >= 4 is 0 Å². The molecule has 1 rings (SSSR count). The van der Waals surface area contributed by atoms with Gasteiger partial charge in [-0.25, -0.2) is 0 Å². The smallest absolute Gasteiger partial charge is 0.119 e. The summed E-state index contributed by atoms with van der Waals surface area (Å²) in [4.78, 5) is 0. The van der Waals surface area contributed by atoms with Crippen LogP contribution in [-0.2, 0) is 0 Å². The first kappa shape index (κ1) is 12.8. The summed E-state index contributed by atoms with van der Waals surface area (Å²) in [6, 6.07) is 7.75. The molecule has 0 bridgehead atoms. The average molecular weight is 223 g/mol. The molecule has 0 saturated heterocycles. The largest absolute Gasteiger partial charge is 0.494 e. The van der Waals surface area contributed by atoms with Gasteiger partial charge in [-0.2, -0.15) is 0 Å². The number of benzene rings is 1. The van der Waals surface area contributed by atoms with Gasteiger partial charge in [-0.15, -0.1) is 0 Å². The molecule has 90 valence electrons. The zero-order chi connectivity index (χ0) is 11.6. The van der Waals surface area contributed by atoms with E-state index < -0.39 is 0 Å². The average Bonchev–Trinajstić information content (AvgIpc) is 2.33. The maximum absolute atomic E-state index is 5.56. The van der Waals surface area contributed by atoms with Crippen molar-refractivity contribution in [3.05, 3.63) is 24.3 Å². The number of ether oxygens (including phenoxy) is 2. The van der Waals surface area contributed by atoms with Crippen molar-refractivity contribution < 1.29 is 9.47 Å². The Bertz CT molecular complexity index is 272. The Morgan fingerprint density at radius 2 is 1.50 bits per heavy atom. The first-order valence-corrected chi connectivity index (χ1v) is 5.92. The second-order valence-electron chi connectivity index (χ2n) is 3.66. The predicted molar refractivity (Wildman–Crippen MR) is 66.0 cm³/mol. The minimum Gasteiger partial charge on any atom is -0.494 e. The van der Waals surface area contributed by atoms with Gasteiger partial charge in [0.1, 0.15) is 11.5 Å². The van der Waals surface area contributed by atoms with E-state index in [9.17, 15) is 0 Å². The molecule has 16 heavy (non-hydrogen) atoms. The van der Waals surface area contributed by atoms with Crippen molar-refractivity contribution in [3.8, 4) is 11.5 Å². The van der Waals surface area contributed by atoms with Gasteiger partial charge in [-0.05, 0) is 50.1 Å². The highest BCUT2D eigenvalue weighted by molar-refractivity contribution is 5.31. The molecule has 0 aliphatic carbocycles. The third-order valence-corrected chi connectivity index (χ3v) is 2.16. The molecule has 2 N–H and O–H groups in total. The topological polar surface area (TPSA) is 44.5 Å². The third-order valence-electron chi connectivity index (χ3n) is 2.16. The second kappa shape index (κ2) is 7.99. The highest BCUT2D eigenvalue weighted by atomic mass is 16.5. The Balaban J connectivity index is 2.27. The molecule has 0 radical (unpaired) electrons. The zero-order valence-corrected chi connectivity index (χ0v) is 9.95. The summed E-state index contributed by atoms with van der Waals surface area (Å²) >= 11 is 0. The van der Waals surface area contributed by atoms with E-state index in [0.717, 1.165) is 50.5 Å². The van der Waals surface area contributed by atoms with Gasteiger partial charge >= 0.3 is 0 Å². The van der Waals surface area contributed by atoms with Gasteiger partial charge in [-0.3, -0.25) is 0 Å². The molecule has 0 saturated carbocycles. The number of nitrogens with two attached hydrogens (primary N) is 1. The fraction of sp³-hybridized carbons (Fsp3) is 0.538. The normalized spacial score (nSPS) is 10.1. The molecule has 0 atom stereocenters. The minimum absolute atomic E-state index is 0.729. The van der Waals surface area contributed by atoms with Crippen LogP contribution in [0.1, 0.15) is 26.2 Å². The van der Waals surface area contributed by atoms with Crippen molar-refractivity contribution in [1.82, 2.24) is 0 Å². The van der Waals surface area contributed by atoms with Gasteiger partial charge in [0.25, 0.3) is 0 Å². The standard InChI is InChI=1S/C13H21NO2/c1-2-10-15-12-5-7-13(8-6-12)16-11-4-3-9-14/h5-8H,2-4,9-11,14H2,1H3. The third kappa shape index (κ3) is 5.03. The van der Waals surface area contributed by atoms with Crippen LogP contribution >= 0.6 is 0 Å². The number of rotatable bonds is 8. The van der Waals surface area contributed by atoms with Crippen LogP contribution in [0.4, 0.5) is 0 Å². The van der Waals surface area contributed by atoms with Crippen LogP contribution in [0.3, 0.4) is 0 Å². The predicted octanol–water partition coefficient (Wildman–Crippen LogP) is 2.59. The summed E-state index contributed by atoms with van der Waals surface area (Å²) in [5.74, 6) is 1.79. The molecule has 0 aromatic heterocycles. The molecule has 0 aliphatic heterocycles. The van der Waals surface area contributed by atoms with E-state index in [1.165, 1.54) is 0 Å². The summed E-state index contributed by atoms with van der Waals surface area (Å²) in [7, 11) is 0. The molecular formula is C13H21NO2. The van der Waals surface area contributed by atoms with Crippen molar-refractivity contribution in [2.24, 2.45) is 5.73 Å². The maximum Gasteiger partial charge on any atom is 0.119 e. The van der Waals surface area contributed by atoms with E-state index in [1.54, 1.807) is 0 Å². The summed E-state index contributed by atoms with van der Waals surface area (Å²) < 4.78 is 11.0. The monoisotopic (exact) mass is 223 g/mol. The van der Waals surface area contributed by atoms with Crippen LogP contribution in [0.2, 0.25) is 0 Å². The lowest BCUT2D eigenvalue weighted by molar-refractivity contribution is 0.303. The summed E-state index contributed by atoms with van der Waals surface area (Å²) in [6.07, 6.45) is 3.04. The molecule has 3 heteroatoms. The quantitative estimate of drug-likeness (QED) is 0.689. The molecule has 0 unspecified atom stereocenters. The van der Waals surface area contributed by atoms with Crippen molar-refractivity contribution in [2.45, 2.75) is 26.2 Å². The molecule has 3 nitrogen and oxygen atoms in total. The first-order valence-electron chi connectivity index (χ1n) is 5.92. The van der Waals surface area contributed by atoms with Crippen molar-refractivity contribution in [2.75, 3.05) is 19.8 Å². The Labute approximate surface area is 97.6 Å². The molecule has 1 aromatic rings. The Morgan fingerprint density at radius 3 is 2.00 bits per heavy atom. The lowest BCUT2D eigenvalue weighted by Crippen LogP contribution is -2.03. The molecule has 0 amide bonds. The number of unbranched alkanes of at least 4 members (excludes halogenated alkanes) is 1. The Kier molecular flexibility index (Phi) is 6.42. The van der Waals surface area contributed by atoms with Crippen LogP contribution in [0.15, 0.2) is 24.3 Å². The van der Waals surface area contributed by atoms with Crippen LogP contribution < -0.4 is 15.2 Å². The van der Waals surface area contributed by atoms with E-state index in [-0.39, 0.29) is 0 Å². The molecule has 0 spiro atoms. The Hall–Kier alpha value is -1.22. The van der Waals surface area contributed by atoms with E-state index in [4.69, 9.17) is 15.2 Å². The second-order valence-corrected chi connectivity index (χ2v) is 3.66. The van der Waals surface area contributed by atoms with Gasteiger partial charge in [0.15, 0.2) is 0 Å². The summed E-state index contributed by atoms with van der Waals surface area (Å²) in [5.41, 5.74) is 5.40. The van der Waals surface area contributed by atoms with Gasteiger partial charge < -0.3 is 15.2 Å². The Morgan fingerprint density at radius 1 is 0.938 bits per heavy atom. The SMILES string of the molecule is CCCOc1ccc(OCCCCN)cc1. The molecule has 0 heterocycles. The fourth-order valence-corrected chi connectivity index (χ4v) is 1.29. The summed E-state index contributed by atoms with van der Waals surface area (Å²) in [6.45, 7) is 4.31. The van der Waals surface area contributed by atoms with Crippen LogP contribution in [0, 0.1) is 0 Å². The highest BCUT2D eigenvalue weighted by Gasteiger charge is 1.95. The number of hydrogen-bond acceptors (Lipinski definition) is 3. The van der Waals surface area contributed by atoms with Gasteiger partial charge in [0.05, 0.1) is 13.2 Å². The highest BCUT2D eigenvalue weighted by Crippen LogP contribution is 2.17. The maximum atomic E-state index is 5.56. The molecule has 1 aromatic carbocycles. The number of hydrogen-bond donors (Lipinski definition) is 1. The van der Waals surface area contributed by atoms with Crippen LogP contribution in [0.5, 0.6) is 11.5 Å². The minimum atomic E-state index is 0.729.